The van der Waals surface area contributed by atoms with Gasteiger partial charge in [-0.3, -0.25) is 4.79 Å². The highest BCUT2D eigenvalue weighted by molar-refractivity contribution is 5.96. The summed E-state index contributed by atoms with van der Waals surface area (Å²) in [6.45, 7) is 4.04. The Bertz CT molecular complexity index is 1430. The number of aromatic nitrogens is 4. The fourth-order valence-corrected chi connectivity index (χ4v) is 3.91. The van der Waals surface area contributed by atoms with Crippen molar-refractivity contribution in [3.63, 3.8) is 0 Å². The van der Waals surface area contributed by atoms with Crippen molar-refractivity contribution in [1.82, 2.24) is 25.5 Å². The average Bonchev–Trinajstić information content (AvgIpc) is 3.39. The summed E-state index contributed by atoms with van der Waals surface area (Å²) in [6, 6.07) is 28.2. The van der Waals surface area contributed by atoms with Crippen LogP contribution in [-0.2, 0) is 0 Å². The molecule has 1 amide bonds. The molecule has 0 radical (unpaired) electrons. The van der Waals surface area contributed by atoms with Gasteiger partial charge in [0.2, 0.25) is 0 Å². The number of nitrogens with zero attached hydrogens (tertiary/aromatic N) is 4. The van der Waals surface area contributed by atoms with Crippen LogP contribution in [0.3, 0.4) is 0 Å². The summed E-state index contributed by atoms with van der Waals surface area (Å²) in [4.78, 5) is 13.3. The van der Waals surface area contributed by atoms with Crippen LogP contribution in [0.15, 0.2) is 91.3 Å². The Labute approximate surface area is 191 Å². The number of nitrogens with one attached hydrogen (secondary N) is 1. The van der Waals surface area contributed by atoms with Crippen LogP contribution in [0, 0.1) is 6.92 Å². The van der Waals surface area contributed by atoms with Crippen LogP contribution in [0.5, 0.6) is 0 Å². The molecule has 0 fully saturated rings. The fraction of sp³-hybridized carbons (Fsp3) is 0.111. The molecule has 0 bridgehead atoms. The molecule has 1 atom stereocenters. The van der Waals surface area contributed by atoms with E-state index in [0.717, 1.165) is 27.8 Å². The van der Waals surface area contributed by atoms with Crippen LogP contribution in [0.4, 0.5) is 0 Å². The van der Waals surface area contributed by atoms with Gasteiger partial charge in [-0.15, -0.1) is 5.10 Å². The summed E-state index contributed by atoms with van der Waals surface area (Å²) < 4.78 is 1.56. The van der Waals surface area contributed by atoms with E-state index in [-0.39, 0.29) is 11.9 Å². The number of tetrazole rings is 1. The van der Waals surface area contributed by atoms with Crippen molar-refractivity contribution in [3.8, 4) is 16.8 Å². The molecule has 1 heterocycles. The highest BCUT2D eigenvalue weighted by Crippen LogP contribution is 2.26. The number of rotatable bonds is 5. The monoisotopic (exact) mass is 433 g/mol. The molecule has 4 aromatic carbocycles. The van der Waals surface area contributed by atoms with Crippen LogP contribution in [0.25, 0.3) is 27.6 Å². The van der Waals surface area contributed by atoms with Gasteiger partial charge in [-0.25, -0.2) is 4.68 Å². The highest BCUT2D eigenvalue weighted by Gasteiger charge is 2.15. The van der Waals surface area contributed by atoms with E-state index in [1.807, 2.05) is 50.2 Å². The lowest BCUT2D eigenvalue weighted by atomic mass is 9.99. The molecule has 0 aliphatic heterocycles. The van der Waals surface area contributed by atoms with E-state index in [9.17, 15) is 4.79 Å². The third kappa shape index (κ3) is 4.36. The van der Waals surface area contributed by atoms with Crippen molar-refractivity contribution in [3.05, 3.63) is 108 Å². The van der Waals surface area contributed by atoms with Crippen LogP contribution in [0.2, 0.25) is 0 Å². The molecule has 1 N–H and O–H groups in total. The molecular weight excluding hydrogens is 410 g/mol. The number of fused-ring (bicyclic) bond motifs is 1. The quantitative estimate of drug-likeness (QED) is 0.409. The van der Waals surface area contributed by atoms with Crippen molar-refractivity contribution in [1.29, 1.82) is 0 Å². The van der Waals surface area contributed by atoms with Crippen LogP contribution < -0.4 is 5.32 Å². The van der Waals surface area contributed by atoms with E-state index >= 15 is 0 Å². The number of carbonyl (C=O) groups is 1. The number of benzene rings is 4. The van der Waals surface area contributed by atoms with Gasteiger partial charge in [0.05, 0.1) is 11.7 Å². The van der Waals surface area contributed by atoms with Gasteiger partial charge < -0.3 is 5.32 Å². The number of amides is 1. The molecule has 0 saturated carbocycles. The summed E-state index contributed by atoms with van der Waals surface area (Å²) in [7, 11) is 0. The minimum Gasteiger partial charge on any atom is -0.346 e. The zero-order chi connectivity index (χ0) is 22.8. The minimum atomic E-state index is -0.154. The molecule has 0 saturated heterocycles. The van der Waals surface area contributed by atoms with Gasteiger partial charge in [0, 0.05) is 5.56 Å². The summed E-state index contributed by atoms with van der Waals surface area (Å²) >= 11 is 0. The van der Waals surface area contributed by atoms with E-state index in [1.54, 1.807) is 10.7 Å². The van der Waals surface area contributed by atoms with E-state index in [2.05, 4.69) is 63.3 Å². The Balaban J connectivity index is 1.47. The Morgan fingerprint density at radius 2 is 1.67 bits per heavy atom. The number of aryl methyl sites for hydroxylation is 1. The van der Waals surface area contributed by atoms with Gasteiger partial charge in [-0.2, -0.15) is 0 Å². The van der Waals surface area contributed by atoms with Crippen molar-refractivity contribution < 1.29 is 4.79 Å². The standard InChI is InChI=1S/C27H23N5O/c1-18-7-9-21(10-8-18)24-14-25(16-26(15-24)32-17-28-30-31-32)27(33)29-19(2)22-12-11-20-5-3-4-6-23(20)13-22/h3-17,19H,1-2H3,(H,29,33). The van der Waals surface area contributed by atoms with Gasteiger partial charge in [0.1, 0.15) is 6.33 Å². The van der Waals surface area contributed by atoms with E-state index in [1.165, 1.54) is 17.3 Å². The smallest absolute Gasteiger partial charge is 0.251 e. The van der Waals surface area contributed by atoms with Gasteiger partial charge >= 0.3 is 0 Å². The molecule has 0 aliphatic carbocycles. The van der Waals surface area contributed by atoms with Crippen molar-refractivity contribution in [2.45, 2.75) is 19.9 Å². The molecule has 5 aromatic rings. The summed E-state index contributed by atoms with van der Waals surface area (Å²) in [5, 5.41) is 16.9. The van der Waals surface area contributed by atoms with E-state index in [4.69, 9.17) is 0 Å². The Morgan fingerprint density at radius 3 is 2.42 bits per heavy atom. The van der Waals surface area contributed by atoms with Crippen LogP contribution in [-0.4, -0.2) is 26.1 Å². The normalized spacial score (nSPS) is 11.9. The van der Waals surface area contributed by atoms with Gasteiger partial charge in [0.25, 0.3) is 5.91 Å². The number of hydrogen-bond donors (Lipinski definition) is 1. The predicted octanol–water partition coefficient (Wildman–Crippen LogP) is 5.28. The van der Waals surface area contributed by atoms with E-state index in [0.29, 0.717) is 5.56 Å². The lowest BCUT2D eigenvalue weighted by molar-refractivity contribution is 0.0940. The molecule has 0 aliphatic rings. The first-order valence-electron chi connectivity index (χ1n) is 10.8. The van der Waals surface area contributed by atoms with Gasteiger partial charge in [0.15, 0.2) is 0 Å². The molecule has 6 nitrogen and oxygen atoms in total. The van der Waals surface area contributed by atoms with Crippen molar-refractivity contribution >= 4 is 16.7 Å². The average molecular weight is 434 g/mol. The van der Waals surface area contributed by atoms with Crippen LogP contribution >= 0.6 is 0 Å². The molecule has 0 spiro atoms. The van der Waals surface area contributed by atoms with Gasteiger partial charge in [-0.1, -0.05) is 66.2 Å². The largest absolute Gasteiger partial charge is 0.346 e. The third-order valence-electron chi connectivity index (χ3n) is 5.80. The zero-order valence-electron chi connectivity index (χ0n) is 18.4. The van der Waals surface area contributed by atoms with E-state index < -0.39 is 0 Å². The second-order valence-corrected chi connectivity index (χ2v) is 8.19. The first kappa shape index (κ1) is 20.6. The summed E-state index contributed by atoms with van der Waals surface area (Å²) in [6.07, 6.45) is 1.52. The minimum absolute atomic E-state index is 0.151. The molecule has 1 unspecified atom stereocenters. The Morgan fingerprint density at radius 1 is 0.879 bits per heavy atom. The maximum atomic E-state index is 13.3. The summed E-state index contributed by atoms with van der Waals surface area (Å²) in [5.74, 6) is -0.154. The van der Waals surface area contributed by atoms with Crippen LogP contribution in [0.1, 0.15) is 34.5 Å². The lowest BCUT2D eigenvalue weighted by Gasteiger charge is -2.16. The van der Waals surface area contributed by atoms with Gasteiger partial charge in [-0.05, 0) is 76.0 Å². The predicted molar refractivity (Wildman–Crippen MR) is 129 cm³/mol. The first-order chi connectivity index (χ1) is 16.1. The highest BCUT2D eigenvalue weighted by atomic mass is 16.1. The number of hydrogen-bond acceptors (Lipinski definition) is 4. The first-order valence-corrected chi connectivity index (χ1v) is 10.8. The second kappa shape index (κ2) is 8.67. The fourth-order valence-electron chi connectivity index (χ4n) is 3.91. The topological polar surface area (TPSA) is 72.7 Å². The molecule has 33 heavy (non-hydrogen) atoms. The lowest BCUT2D eigenvalue weighted by Crippen LogP contribution is -2.26. The number of carbonyl (C=O) groups excluding carboxylic acids is 1. The SMILES string of the molecule is Cc1ccc(-c2cc(C(=O)NC(C)c3ccc4ccccc4c3)cc(-n3cnnn3)c2)cc1. The third-order valence-corrected chi connectivity index (χ3v) is 5.80. The zero-order valence-corrected chi connectivity index (χ0v) is 18.4. The Kier molecular flexibility index (Phi) is 5.40. The Hall–Kier alpha value is -4.32. The molecule has 162 valence electrons. The van der Waals surface area contributed by atoms with Crippen molar-refractivity contribution in [2.24, 2.45) is 0 Å². The second-order valence-electron chi connectivity index (χ2n) is 8.19. The molecule has 5 rings (SSSR count). The molecule has 6 heteroatoms. The molecule has 1 aromatic heterocycles. The maximum absolute atomic E-state index is 13.3. The maximum Gasteiger partial charge on any atom is 0.251 e. The molecular formula is C27H23N5O. The van der Waals surface area contributed by atoms with Crippen molar-refractivity contribution in [2.75, 3.05) is 0 Å². The summed E-state index contributed by atoms with van der Waals surface area (Å²) in [5.41, 5.74) is 5.45.